The first-order valence-corrected chi connectivity index (χ1v) is 8.44. The molecule has 0 aliphatic carbocycles. The molecule has 0 aromatic heterocycles. The van der Waals surface area contributed by atoms with Gasteiger partial charge in [-0.15, -0.1) is 0 Å². The van der Waals surface area contributed by atoms with E-state index in [2.05, 4.69) is 24.4 Å². The summed E-state index contributed by atoms with van der Waals surface area (Å²) in [7, 11) is 3.36. The van der Waals surface area contributed by atoms with Gasteiger partial charge in [-0.3, -0.25) is 4.79 Å². The number of nitrogens with one attached hydrogen (secondary N) is 1. The molecule has 130 valence electrons. The van der Waals surface area contributed by atoms with Crippen molar-refractivity contribution < 1.29 is 9.59 Å². The molecular weight excluding hydrogens is 314 g/mol. The van der Waals surface area contributed by atoms with Crippen molar-refractivity contribution in [3.63, 3.8) is 0 Å². The van der Waals surface area contributed by atoms with E-state index in [1.165, 1.54) is 16.0 Å². The number of amides is 3. The van der Waals surface area contributed by atoms with Crippen molar-refractivity contribution in [2.24, 2.45) is 0 Å². The maximum Gasteiger partial charge on any atom is 0.321 e. The third-order valence-corrected chi connectivity index (χ3v) is 4.62. The van der Waals surface area contributed by atoms with Gasteiger partial charge < -0.3 is 15.1 Å². The maximum atomic E-state index is 13.0. The van der Waals surface area contributed by atoms with E-state index in [1.54, 1.807) is 38.4 Å². The van der Waals surface area contributed by atoms with Gasteiger partial charge in [-0.1, -0.05) is 30.3 Å². The van der Waals surface area contributed by atoms with Gasteiger partial charge in [-0.05, 0) is 42.7 Å². The smallest absolute Gasteiger partial charge is 0.321 e. The average Bonchev–Trinajstić information content (AvgIpc) is 2.62. The molecule has 0 saturated carbocycles. The second-order valence-electron chi connectivity index (χ2n) is 6.53. The maximum absolute atomic E-state index is 13.0. The molecule has 1 aliphatic rings. The van der Waals surface area contributed by atoms with Crippen LogP contribution < -0.4 is 5.32 Å². The lowest BCUT2D eigenvalue weighted by Crippen LogP contribution is -2.38. The number of urea groups is 1. The summed E-state index contributed by atoms with van der Waals surface area (Å²) in [5.74, 6) is -0.0112. The van der Waals surface area contributed by atoms with E-state index in [0.29, 0.717) is 17.8 Å². The lowest BCUT2D eigenvalue weighted by atomic mass is 9.93. The summed E-state index contributed by atoms with van der Waals surface area (Å²) in [6.45, 7) is 2.76. The first-order chi connectivity index (χ1) is 12.0. The first-order valence-electron chi connectivity index (χ1n) is 8.44. The number of carbonyl (C=O) groups excluding carboxylic acids is 2. The van der Waals surface area contributed by atoms with Gasteiger partial charge in [0.2, 0.25) is 0 Å². The van der Waals surface area contributed by atoms with Gasteiger partial charge in [0.05, 0.1) is 6.04 Å². The van der Waals surface area contributed by atoms with Gasteiger partial charge in [-0.25, -0.2) is 4.79 Å². The minimum Gasteiger partial charge on any atom is -0.332 e. The van der Waals surface area contributed by atoms with E-state index in [1.807, 2.05) is 17.0 Å². The van der Waals surface area contributed by atoms with E-state index in [0.717, 1.165) is 6.42 Å². The normalized spacial score (nSPS) is 16.1. The van der Waals surface area contributed by atoms with Crippen LogP contribution in [-0.2, 0) is 6.42 Å². The summed E-state index contributed by atoms with van der Waals surface area (Å²) in [5, 5.41) is 2.78. The molecule has 5 nitrogen and oxygen atoms in total. The highest BCUT2D eigenvalue weighted by atomic mass is 16.2. The van der Waals surface area contributed by atoms with Crippen LogP contribution in [0.3, 0.4) is 0 Å². The average molecular weight is 337 g/mol. The Morgan fingerprint density at radius 3 is 2.64 bits per heavy atom. The highest BCUT2D eigenvalue weighted by molar-refractivity contribution is 5.97. The van der Waals surface area contributed by atoms with Crippen molar-refractivity contribution in [1.29, 1.82) is 0 Å². The molecule has 3 amide bonds. The summed E-state index contributed by atoms with van der Waals surface area (Å²) < 4.78 is 0. The fourth-order valence-electron chi connectivity index (χ4n) is 3.18. The minimum atomic E-state index is -0.218. The minimum absolute atomic E-state index is 0.0112. The van der Waals surface area contributed by atoms with Crippen LogP contribution in [0.15, 0.2) is 48.5 Å². The van der Waals surface area contributed by atoms with Crippen LogP contribution in [0.5, 0.6) is 0 Å². The Morgan fingerprint density at radius 1 is 1.12 bits per heavy atom. The molecule has 25 heavy (non-hydrogen) atoms. The van der Waals surface area contributed by atoms with Gasteiger partial charge in [0.25, 0.3) is 5.91 Å². The largest absolute Gasteiger partial charge is 0.332 e. The van der Waals surface area contributed by atoms with Crippen LogP contribution in [-0.4, -0.2) is 42.4 Å². The van der Waals surface area contributed by atoms with E-state index >= 15 is 0 Å². The second kappa shape index (κ2) is 6.97. The van der Waals surface area contributed by atoms with Gasteiger partial charge in [0.15, 0.2) is 0 Å². The standard InChI is InChI=1S/C20H23N3O2/c1-14-18-10-5-4-7-15(18)11-12-23(14)19(24)16-8-6-9-17(13-16)21-20(25)22(2)3/h4-10,13-14H,11-12H2,1-3H3,(H,21,25). The molecule has 0 bridgehead atoms. The number of nitrogens with zero attached hydrogens (tertiary/aromatic N) is 2. The molecule has 1 N–H and O–H groups in total. The number of anilines is 1. The number of hydrogen-bond donors (Lipinski definition) is 1. The molecule has 1 unspecified atom stereocenters. The van der Waals surface area contributed by atoms with Crippen LogP contribution in [0.2, 0.25) is 0 Å². The molecule has 0 spiro atoms. The van der Waals surface area contributed by atoms with Crippen molar-refractivity contribution in [2.75, 3.05) is 26.0 Å². The summed E-state index contributed by atoms with van der Waals surface area (Å²) in [4.78, 5) is 28.2. The van der Waals surface area contributed by atoms with Crippen LogP contribution in [0.4, 0.5) is 10.5 Å². The Hall–Kier alpha value is -2.82. The summed E-state index contributed by atoms with van der Waals surface area (Å²) >= 11 is 0. The third-order valence-electron chi connectivity index (χ3n) is 4.62. The van der Waals surface area contributed by atoms with Crippen molar-refractivity contribution in [3.05, 3.63) is 65.2 Å². The summed E-state index contributed by atoms with van der Waals surface area (Å²) in [5.41, 5.74) is 3.72. The lowest BCUT2D eigenvalue weighted by Gasteiger charge is -2.35. The molecule has 3 rings (SSSR count). The molecule has 2 aromatic carbocycles. The molecule has 2 aromatic rings. The highest BCUT2D eigenvalue weighted by Gasteiger charge is 2.28. The monoisotopic (exact) mass is 337 g/mol. The van der Waals surface area contributed by atoms with Crippen LogP contribution in [0, 0.1) is 0 Å². The Labute approximate surface area is 148 Å². The highest BCUT2D eigenvalue weighted by Crippen LogP contribution is 2.30. The molecule has 0 saturated heterocycles. The Morgan fingerprint density at radius 2 is 1.88 bits per heavy atom. The molecular formula is C20H23N3O2. The van der Waals surface area contributed by atoms with E-state index in [4.69, 9.17) is 0 Å². The zero-order valence-electron chi connectivity index (χ0n) is 14.8. The van der Waals surface area contributed by atoms with E-state index < -0.39 is 0 Å². The number of rotatable bonds is 2. The molecule has 0 radical (unpaired) electrons. The molecule has 0 fully saturated rings. The SMILES string of the molecule is CC1c2ccccc2CCN1C(=O)c1cccc(NC(=O)N(C)C)c1. The number of fused-ring (bicyclic) bond motifs is 1. The zero-order valence-corrected chi connectivity index (χ0v) is 14.8. The molecule has 1 atom stereocenters. The van der Waals surface area contributed by atoms with Crippen LogP contribution in [0.25, 0.3) is 0 Å². The van der Waals surface area contributed by atoms with Crippen molar-refractivity contribution >= 4 is 17.6 Å². The Bertz CT molecular complexity index is 801. The Balaban J connectivity index is 1.81. The summed E-state index contributed by atoms with van der Waals surface area (Å²) in [6, 6.07) is 15.2. The topological polar surface area (TPSA) is 52.7 Å². The van der Waals surface area contributed by atoms with Gasteiger partial charge in [0, 0.05) is 31.9 Å². The molecule has 5 heteroatoms. The zero-order chi connectivity index (χ0) is 18.0. The van der Waals surface area contributed by atoms with Gasteiger partial charge in [-0.2, -0.15) is 0 Å². The predicted molar refractivity (Wildman–Crippen MR) is 98.7 cm³/mol. The van der Waals surface area contributed by atoms with Crippen molar-refractivity contribution in [1.82, 2.24) is 9.80 Å². The quantitative estimate of drug-likeness (QED) is 0.911. The number of carbonyl (C=O) groups is 2. The predicted octanol–water partition coefficient (Wildman–Crippen LogP) is 3.54. The first kappa shape index (κ1) is 17.0. The van der Waals surface area contributed by atoms with Gasteiger partial charge >= 0.3 is 6.03 Å². The third kappa shape index (κ3) is 3.50. The van der Waals surface area contributed by atoms with E-state index in [9.17, 15) is 9.59 Å². The van der Waals surface area contributed by atoms with Crippen LogP contribution in [0.1, 0.15) is 34.5 Å². The van der Waals surface area contributed by atoms with Crippen molar-refractivity contribution in [3.8, 4) is 0 Å². The number of benzene rings is 2. The van der Waals surface area contributed by atoms with Crippen LogP contribution >= 0.6 is 0 Å². The lowest BCUT2D eigenvalue weighted by molar-refractivity contribution is 0.0677. The van der Waals surface area contributed by atoms with Crippen molar-refractivity contribution in [2.45, 2.75) is 19.4 Å². The van der Waals surface area contributed by atoms with E-state index in [-0.39, 0.29) is 18.0 Å². The molecule has 1 aliphatic heterocycles. The fraction of sp³-hybridized carbons (Fsp3) is 0.300. The summed E-state index contributed by atoms with van der Waals surface area (Å²) in [6.07, 6.45) is 0.864. The fourth-order valence-corrected chi connectivity index (χ4v) is 3.18. The van der Waals surface area contributed by atoms with Gasteiger partial charge in [0.1, 0.15) is 0 Å². The molecule has 1 heterocycles. The Kier molecular flexibility index (Phi) is 4.74. The number of hydrogen-bond acceptors (Lipinski definition) is 2. The second-order valence-corrected chi connectivity index (χ2v) is 6.53.